The minimum atomic E-state index is 0.669. The molecule has 0 saturated heterocycles. The summed E-state index contributed by atoms with van der Waals surface area (Å²) in [5.41, 5.74) is 19.2. The molecule has 14 aromatic carbocycles. The van der Waals surface area contributed by atoms with Crippen LogP contribution in [0.5, 0.6) is 0 Å². The van der Waals surface area contributed by atoms with E-state index in [1.54, 1.807) is 0 Å². The Hall–Kier alpha value is -10.8. The zero-order valence-corrected chi connectivity index (χ0v) is 47.9. The molecule has 404 valence electrons. The van der Waals surface area contributed by atoms with Crippen molar-refractivity contribution in [2.45, 2.75) is 0 Å². The van der Waals surface area contributed by atoms with E-state index < -0.39 is 0 Å². The third-order valence-electron chi connectivity index (χ3n) is 18.9. The van der Waals surface area contributed by atoms with Crippen molar-refractivity contribution in [1.82, 2.24) is 13.4 Å². The summed E-state index contributed by atoms with van der Waals surface area (Å²) >= 11 is 14.3. The third kappa shape index (κ3) is 6.43. The minimum absolute atomic E-state index is 0.669. The summed E-state index contributed by atoms with van der Waals surface area (Å²) in [6.07, 6.45) is 0. The van der Waals surface area contributed by atoms with E-state index in [1.165, 1.54) is 54.1 Å². The van der Waals surface area contributed by atoms with E-state index in [2.05, 4.69) is 267 Å². The van der Waals surface area contributed by atoms with Gasteiger partial charge >= 0.3 is 0 Å². The van der Waals surface area contributed by atoms with Crippen molar-refractivity contribution in [2.75, 3.05) is 4.90 Å². The van der Waals surface area contributed by atoms with E-state index in [9.17, 15) is 0 Å². The van der Waals surface area contributed by atoms with Crippen LogP contribution in [0.3, 0.4) is 0 Å². The molecule has 0 fully saturated rings. The summed E-state index contributed by atoms with van der Waals surface area (Å²) in [4.78, 5) is 2.33. The lowest BCUT2D eigenvalue weighted by atomic mass is 9.96. The van der Waals surface area contributed by atoms with E-state index in [0.717, 1.165) is 132 Å². The van der Waals surface area contributed by atoms with Gasteiger partial charge in [0.05, 0.1) is 60.2 Å². The van der Waals surface area contributed by atoms with Gasteiger partial charge in [-0.2, -0.15) is 0 Å². The highest BCUT2D eigenvalue weighted by Gasteiger charge is 2.27. The summed E-state index contributed by atoms with van der Waals surface area (Å²) in [6, 6.07) is 97.3. The molecular weight excluding hydrogens is 1100 g/mol. The zero-order valence-electron chi connectivity index (χ0n) is 46.4. The molecule has 20 rings (SSSR count). The number of benzene rings is 14. The Bertz CT molecular complexity index is 6310. The van der Waals surface area contributed by atoms with E-state index in [0.29, 0.717) is 10.0 Å². The van der Waals surface area contributed by atoms with Crippen LogP contribution in [0.1, 0.15) is 0 Å². The first-order chi connectivity index (χ1) is 43.0. The molecule has 0 bridgehead atoms. The SMILES string of the molecule is Clc1cccc(-c2cc3c4c5c(cccc5n3-c3cccc5cc(-c6cc7oc8ccc(Cl)c9c8c7c(c6)c6cccc7c8cc(N(c%10ccccc%10)c%10ccccc%10)ccc8n9c67)ccc35)c3cc5ccccc5c5c6ccccc6n(c4c2)c35)c1. The molecule has 5 nitrogen and oxygen atoms in total. The van der Waals surface area contributed by atoms with Crippen LogP contribution in [0, 0.1) is 0 Å². The molecule has 0 unspecified atom stereocenters. The maximum atomic E-state index is 7.47. The fourth-order valence-corrected chi connectivity index (χ4v) is 15.8. The maximum Gasteiger partial charge on any atom is 0.137 e. The Kier molecular flexibility index (Phi) is 9.51. The Labute approximate surface area is 506 Å². The molecule has 87 heavy (non-hydrogen) atoms. The van der Waals surface area contributed by atoms with Crippen LogP contribution >= 0.6 is 23.2 Å². The minimum Gasteiger partial charge on any atom is -0.456 e. The standard InChI is InChI=1S/C80H44Cl2N4O/c81-51-18-11-16-45(38-51)50-41-69-76-70(42-50)85-66-28-10-9-24-60(66)73-56-23-8-7-15-48(56)39-63(79(73)85)57-25-14-30-68(74(57)76)84(69)65-29-12-17-47-37-46(31-33-55(47)65)49-40-62-59-27-13-26-58-61-44-54(83(52-19-3-1-4-20-52)53-21-5-2-6-22-53)32-35-67(61)86(78(58)59)80-64(82)34-36-71-77(80)75(62)72(43-49)87-71/h1-44H. The largest absolute Gasteiger partial charge is 0.456 e. The second kappa shape index (κ2) is 17.4. The van der Waals surface area contributed by atoms with Crippen molar-refractivity contribution in [3.05, 3.63) is 277 Å². The molecule has 0 saturated carbocycles. The number of nitrogens with zero attached hydrogens (tertiary/aromatic N) is 4. The van der Waals surface area contributed by atoms with Crippen molar-refractivity contribution in [2.24, 2.45) is 0 Å². The Balaban J connectivity index is 0.827. The van der Waals surface area contributed by atoms with Gasteiger partial charge in [-0.1, -0.05) is 169 Å². The van der Waals surface area contributed by atoms with Gasteiger partial charge in [-0.25, -0.2) is 0 Å². The van der Waals surface area contributed by atoms with Crippen molar-refractivity contribution in [3.63, 3.8) is 0 Å². The topological polar surface area (TPSA) is 30.1 Å². The molecule has 0 atom stereocenters. The number of hydrogen-bond donors (Lipinski definition) is 0. The predicted octanol–water partition coefficient (Wildman–Crippen LogP) is 23.4. The van der Waals surface area contributed by atoms with Gasteiger partial charge in [-0.3, -0.25) is 0 Å². The summed E-state index contributed by atoms with van der Waals surface area (Å²) in [5, 5.41) is 20.1. The first kappa shape index (κ1) is 47.5. The second-order valence-electron chi connectivity index (χ2n) is 23.4. The van der Waals surface area contributed by atoms with Crippen LogP contribution in [0.2, 0.25) is 10.0 Å². The highest BCUT2D eigenvalue weighted by Crippen LogP contribution is 2.51. The number of anilines is 3. The first-order valence-corrected chi connectivity index (χ1v) is 30.3. The number of para-hydroxylation sites is 4. The quantitative estimate of drug-likeness (QED) is 0.166. The summed E-state index contributed by atoms with van der Waals surface area (Å²) < 4.78 is 14.4. The fraction of sp³-hybridized carbons (Fsp3) is 0. The number of furan rings is 1. The van der Waals surface area contributed by atoms with Crippen molar-refractivity contribution >= 4 is 182 Å². The fourth-order valence-electron chi connectivity index (χ4n) is 15.4. The zero-order chi connectivity index (χ0) is 56.9. The van der Waals surface area contributed by atoms with Gasteiger partial charge in [0.25, 0.3) is 0 Å². The normalized spacial score (nSPS) is 12.5. The summed E-state index contributed by atoms with van der Waals surface area (Å²) in [6.45, 7) is 0. The van der Waals surface area contributed by atoms with Crippen LogP contribution < -0.4 is 4.90 Å². The average molecular weight is 1150 g/mol. The molecule has 0 aliphatic carbocycles. The van der Waals surface area contributed by atoms with Gasteiger partial charge in [0.1, 0.15) is 11.2 Å². The lowest BCUT2D eigenvalue weighted by Gasteiger charge is -2.25. The van der Waals surface area contributed by atoms with Gasteiger partial charge in [0.15, 0.2) is 0 Å². The van der Waals surface area contributed by atoms with Gasteiger partial charge in [-0.05, 0) is 171 Å². The molecule has 7 heteroatoms. The Morgan fingerprint density at radius 3 is 1.80 bits per heavy atom. The average Bonchev–Trinajstić information content (AvgIpc) is 1.56. The summed E-state index contributed by atoms with van der Waals surface area (Å²) in [7, 11) is 0. The van der Waals surface area contributed by atoms with Crippen molar-refractivity contribution in [1.29, 1.82) is 0 Å². The van der Waals surface area contributed by atoms with Crippen LogP contribution in [0.25, 0.3) is 169 Å². The molecule has 6 heterocycles. The number of rotatable bonds is 6. The highest BCUT2D eigenvalue weighted by molar-refractivity contribution is 6.40. The first-order valence-electron chi connectivity index (χ1n) is 29.5. The third-order valence-corrected chi connectivity index (χ3v) is 19.4. The van der Waals surface area contributed by atoms with E-state index >= 15 is 0 Å². The van der Waals surface area contributed by atoms with Crippen LogP contribution in [-0.4, -0.2) is 13.4 Å². The molecule has 0 aliphatic rings. The van der Waals surface area contributed by atoms with Gasteiger partial charge in [-0.15, -0.1) is 0 Å². The van der Waals surface area contributed by atoms with Gasteiger partial charge in [0, 0.05) is 75.9 Å². The number of hydrogen-bond acceptors (Lipinski definition) is 2. The lowest BCUT2D eigenvalue weighted by Crippen LogP contribution is -2.09. The molecule has 0 amide bonds. The molecule has 0 N–H and O–H groups in total. The molecule has 6 aromatic heterocycles. The van der Waals surface area contributed by atoms with E-state index in [1.807, 2.05) is 18.2 Å². The molecule has 0 radical (unpaired) electrons. The number of halogens is 2. The highest BCUT2D eigenvalue weighted by atomic mass is 35.5. The van der Waals surface area contributed by atoms with E-state index in [-0.39, 0.29) is 0 Å². The Morgan fingerprint density at radius 1 is 0.287 bits per heavy atom. The van der Waals surface area contributed by atoms with Crippen molar-refractivity contribution < 1.29 is 4.42 Å². The maximum absolute atomic E-state index is 7.47. The van der Waals surface area contributed by atoms with Crippen LogP contribution in [-0.2, 0) is 0 Å². The van der Waals surface area contributed by atoms with E-state index in [4.69, 9.17) is 27.6 Å². The van der Waals surface area contributed by atoms with Crippen LogP contribution in [0.15, 0.2) is 271 Å². The molecule has 0 spiro atoms. The molecule has 20 aromatic rings. The van der Waals surface area contributed by atoms with Crippen LogP contribution in [0.4, 0.5) is 17.1 Å². The summed E-state index contributed by atoms with van der Waals surface area (Å²) in [5.74, 6) is 0. The lowest BCUT2D eigenvalue weighted by molar-refractivity contribution is 0.669. The van der Waals surface area contributed by atoms with Gasteiger partial charge in [0.2, 0.25) is 0 Å². The van der Waals surface area contributed by atoms with Gasteiger partial charge < -0.3 is 22.7 Å². The molecule has 0 aliphatic heterocycles. The monoisotopic (exact) mass is 1150 g/mol. The Morgan fingerprint density at radius 2 is 0.954 bits per heavy atom. The smallest absolute Gasteiger partial charge is 0.137 e. The predicted molar refractivity (Wildman–Crippen MR) is 368 cm³/mol. The number of fused-ring (bicyclic) bond motifs is 13. The molecular formula is C80H44Cl2N4O. The number of aromatic nitrogens is 3. The second-order valence-corrected chi connectivity index (χ2v) is 24.2. The van der Waals surface area contributed by atoms with Crippen molar-refractivity contribution in [3.8, 4) is 27.9 Å².